The van der Waals surface area contributed by atoms with E-state index in [1.807, 2.05) is 37.3 Å². The van der Waals surface area contributed by atoms with Crippen molar-refractivity contribution in [3.05, 3.63) is 76.2 Å². The van der Waals surface area contributed by atoms with Crippen LogP contribution in [0.2, 0.25) is 0 Å². The fourth-order valence-corrected chi connectivity index (χ4v) is 5.34. The first-order valence-electron chi connectivity index (χ1n) is 10.3. The molecule has 6 nitrogen and oxygen atoms in total. The predicted molar refractivity (Wildman–Crippen MR) is 126 cm³/mol. The second-order valence-corrected chi connectivity index (χ2v) is 9.98. The molecule has 0 fully saturated rings. The number of fused-ring (bicyclic) bond motifs is 1. The number of aromatic nitrogens is 2. The summed E-state index contributed by atoms with van der Waals surface area (Å²) >= 11 is 2.66. The Morgan fingerprint density at radius 1 is 1.21 bits per heavy atom. The molecule has 0 saturated carbocycles. The van der Waals surface area contributed by atoms with Gasteiger partial charge < -0.3 is 10.1 Å². The average molecular weight is 508 g/mol. The highest BCUT2D eigenvalue weighted by molar-refractivity contribution is 8.00. The van der Waals surface area contributed by atoms with Crippen LogP contribution in [0.4, 0.5) is 18.9 Å². The highest BCUT2D eigenvalue weighted by Crippen LogP contribution is 2.34. The number of hydrogen-bond acceptors (Lipinski definition) is 6. The molecule has 0 bridgehead atoms. The first-order valence-corrected chi connectivity index (χ1v) is 12.2. The Morgan fingerprint density at radius 2 is 1.91 bits per heavy atom. The number of nitrogens with one attached hydrogen (secondary N) is 1. The number of thioether (sulfide) groups is 2. The molecule has 3 aromatic rings. The fourth-order valence-electron chi connectivity index (χ4n) is 3.41. The molecule has 1 atom stereocenters. The predicted octanol–water partition coefficient (Wildman–Crippen LogP) is 4.96. The Hall–Kier alpha value is -2.92. The van der Waals surface area contributed by atoms with E-state index in [4.69, 9.17) is 0 Å². The zero-order valence-electron chi connectivity index (χ0n) is 18.0. The zero-order valence-corrected chi connectivity index (χ0v) is 19.6. The van der Waals surface area contributed by atoms with Crippen LogP contribution in [-0.4, -0.2) is 32.8 Å². The van der Waals surface area contributed by atoms with Crippen LogP contribution >= 0.6 is 23.5 Å². The molecule has 1 N–H and O–H groups in total. The summed E-state index contributed by atoms with van der Waals surface area (Å²) < 4.78 is 42.3. The van der Waals surface area contributed by atoms with Crippen molar-refractivity contribution in [2.75, 3.05) is 11.1 Å². The number of ether oxygens (including phenoxy) is 1. The van der Waals surface area contributed by atoms with E-state index in [1.165, 1.54) is 23.9 Å². The van der Waals surface area contributed by atoms with Crippen molar-refractivity contribution in [3.63, 3.8) is 0 Å². The Bertz CT molecular complexity index is 1230. The first kappa shape index (κ1) is 24.2. The number of amides is 1. The fraction of sp³-hybridized carbons (Fsp3) is 0.261. The number of anilines is 1. The van der Waals surface area contributed by atoms with Crippen molar-refractivity contribution in [1.82, 2.24) is 9.55 Å². The smallest absolute Gasteiger partial charge is 0.406 e. The summed E-state index contributed by atoms with van der Waals surface area (Å²) in [6.07, 6.45) is -4.09. The Kier molecular flexibility index (Phi) is 7.22. The number of hydrogen-bond donors (Lipinski definition) is 1. The maximum Gasteiger partial charge on any atom is 0.573 e. The molecule has 11 heteroatoms. The van der Waals surface area contributed by atoms with Crippen LogP contribution in [0.1, 0.15) is 18.2 Å². The Balaban J connectivity index is 1.47. The van der Waals surface area contributed by atoms with Crippen molar-refractivity contribution >= 4 is 35.1 Å². The third kappa shape index (κ3) is 6.15. The summed E-state index contributed by atoms with van der Waals surface area (Å²) in [7, 11) is 0. The van der Waals surface area contributed by atoms with Crippen LogP contribution < -0.4 is 15.6 Å². The van der Waals surface area contributed by atoms with Crippen molar-refractivity contribution < 1.29 is 22.7 Å². The normalized spacial score (nSPS) is 15.1. The van der Waals surface area contributed by atoms with Gasteiger partial charge >= 0.3 is 6.36 Å². The molecule has 2 aromatic carbocycles. The van der Waals surface area contributed by atoms with Crippen LogP contribution in [-0.2, 0) is 17.8 Å². The summed E-state index contributed by atoms with van der Waals surface area (Å²) in [5, 5.41) is 3.34. The van der Waals surface area contributed by atoms with Gasteiger partial charge in [-0.2, -0.15) is 0 Å². The van der Waals surface area contributed by atoms with E-state index in [9.17, 15) is 22.8 Å². The molecule has 0 spiro atoms. The summed E-state index contributed by atoms with van der Waals surface area (Å²) in [4.78, 5) is 31.0. The molecule has 1 aliphatic heterocycles. The van der Waals surface area contributed by atoms with Gasteiger partial charge in [-0.1, -0.05) is 49.0 Å². The minimum atomic E-state index is -4.78. The molecular weight excluding hydrogens is 487 g/mol. The lowest BCUT2D eigenvalue weighted by molar-refractivity contribution is -0.274. The molecule has 178 valence electrons. The third-order valence-corrected chi connectivity index (χ3v) is 7.04. The summed E-state index contributed by atoms with van der Waals surface area (Å²) in [5.74, 6) is -0.777. The van der Waals surface area contributed by atoms with Gasteiger partial charge in [-0.15, -0.1) is 24.9 Å². The minimum Gasteiger partial charge on any atom is -0.406 e. The Morgan fingerprint density at radius 3 is 2.59 bits per heavy atom. The van der Waals surface area contributed by atoms with E-state index in [-0.39, 0.29) is 28.2 Å². The van der Waals surface area contributed by atoms with Crippen LogP contribution in [0.25, 0.3) is 0 Å². The number of alkyl halides is 3. The maximum atomic E-state index is 13.2. The molecule has 0 saturated heterocycles. The van der Waals surface area contributed by atoms with Gasteiger partial charge in [0.2, 0.25) is 5.91 Å². The first-order chi connectivity index (χ1) is 16.2. The zero-order chi connectivity index (χ0) is 24.3. The SMILES string of the molecule is C[C@H]1Cc2nc(SCC(=O)Nc3ccc(OC(F)(F)F)cc3)n(Cc3ccccc3)c(=O)c2S1. The number of halogens is 3. The second-order valence-electron chi connectivity index (χ2n) is 7.59. The molecule has 1 aromatic heterocycles. The lowest BCUT2D eigenvalue weighted by atomic mass is 10.2. The van der Waals surface area contributed by atoms with Gasteiger partial charge in [0.15, 0.2) is 5.16 Å². The van der Waals surface area contributed by atoms with Crippen molar-refractivity contribution in [2.24, 2.45) is 0 Å². The van der Waals surface area contributed by atoms with Gasteiger partial charge in [0.05, 0.1) is 22.9 Å². The summed E-state index contributed by atoms with van der Waals surface area (Å²) in [6.45, 7) is 2.37. The Labute approximate surface area is 201 Å². The molecule has 4 rings (SSSR count). The van der Waals surface area contributed by atoms with E-state index in [0.29, 0.717) is 28.7 Å². The lowest BCUT2D eigenvalue weighted by Gasteiger charge is -2.14. The number of carbonyl (C=O) groups is 1. The van der Waals surface area contributed by atoms with Crippen molar-refractivity contribution in [1.29, 1.82) is 0 Å². The highest BCUT2D eigenvalue weighted by atomic mass is 32.2. The largest absolute Gasteiger partial charge is 0.573 e. The van der Waals surface area contributed by atoms with E-state index in [0.717, 1.165) is 35.2 Å². The summed E-state index contributed by atoms with van der Waals surface area (Å²) in [6, 6.07) is 14.4. The van der Waals surface area contributed by atoms with Gasteiger partial charge in [-0.25, -0.2) is 4.98 Å². The van der Waals surface area contributed by atoms with Gasteiger partial charge in [0, 0.05) is 17.4 Å². The monoisotopic (exact) mass is 507 g/mol. The summed E-state index contributed by atoms with van der Waals surface area (Å²) in [5.41, 5.74) is 1.89. The van der Waals surface area contributed by atoms with Gasteiger partial charge in [0.25, 0.3) is 5.56 Å². The molecular formula is C23H20F3N3O3S2. The van der Waals surface area contributed by atoms with E-state index in [1.54, 1.807) is 4.57 Å². The third-order valence-electron chi connectivity index (χ3n) is 4.85. The van der Waals surface area contributed by atoms with Gasteiger partial charge in [0.1, 0.15) is 5.75 Å². The highest BCUT2D eigenvalue weighted by Gasteiger charge is 2.31. The molecule has 1 amide bonds. The number of benzene rings is 2. The second kappa shape index (κ2) is 10.1. The minimum absolute atomic E-state index is 0.0243. The number of rotatable bonds is 7. The molecule has 1 aliphatic rings. The van der Waals surface area contributed by atoms with Crippen LogP contribution in [0.15, 0.2) is 69.4 Å². The van der Waals surface area contributed by atoms with Crippen LogP contribution in [0.3, 0.4) is 0 Å². The van der Waals surface area contributed by atoms with E-state index >= 15 is 0 Å². The van der Waals surface area contributed by atoms with Gasteiger partial charge in [-0.3, -0.25) is 14.2 Å². The number of nitrogens with zero attached hydrogens (tertiary/aromatic N) is 2. The molecule has 0 aliphatic carbocycles. The van der Waals surface area contributed by atoms with Crippen molar-refractivity contribution in [3.8, 4) is 5.75 Å². The standard InChI is InChI=1S/C23H20F3N3O3S2/c1-14-11-18-20(34-14)21(31)29(12-15-5-3-2-4-6-15)22(28-18)33-13-19(30)27-16-7-9-17(10-8-16)32-23(24,25)26/h2-10,14H,11-13H2,1H3,(H,27,30)/t14-/m0/s1. The van der Waals surface area contributed by atoms with Gasteiger partial charge in [-0.05, 0) is 29.8 Å². The molecule has 2 heterocycles. The molecule has 0 radical (unpaired) electrons. The number of carbonyl (C=O) groups excluding carboxylic acids is 1. The lowest BCUT2D eigenvalue weighted by Crippen LogP contribution is -2.26. The van der Waals surface area contributed by atoms with E-state index in [2.05, 4.69) is 15.0 Å². The quantitative estimate of drug-likeness (QED) is 0.360. The van der Waals surface area contributed by atoms with Crippen molar-refractivity contribution in [2.45, 2.75) is 41.6 Å². The van der Waals surface area contributed by atoms with Crippen LogP contribution in [0, 0.1) is 0 Å². The van der Waals surface area contributed by atoms with E-state index < -0.39 is 6.36 Å². The molecule has 0 unspecified atom stereocenters. The topological polar surface area (TPSA) is 73.2 Å². The average Bonchev–Trinajstić information content (AvgIpc) is 3.16. The van der Waals surface area contributed by atoms with Crippen LogP contribution in [0.5, 0.6) is 5.75 Å². The maximum absolute atomic E-state index is 13.2. The molecule has 34 heavy (non-hydrogen) atoms.